The summed E-state index contributed by atoms with van der Waals surface area (Å²) in [5, 5.41) is 11.7. The van der Waals surface area contributed by atoms with E-state index in [1.165, 1.54) is 5.56 Å². The Morgan fingerprint density at radius 3 is 2.62 bits per heavy atom. The molecular formula is C17H28N2O2. The fourth-order valence-corrected chi connectivity index (χ4v) is 2.22. The van der Waals surface area contributed by atoms with Crippen LogP contribution in [-0.4, -0.2) is 49.2 Å². The van der Waals surface area contributed by atoms with Crippen LogP contribution < -0.4 is 5.32 Å². The van der Waals surface area contributed by atoms with Crippen LogP contribution in [0.4, 0.5) is 0 Å². The van der Waals surface area contributed by atoms with Gasteiger partial charge in [0.05, 0.1) is 6.54 Å². The highest BCUT2D eigenvalue weighted by atomic mass is 16.2. The molecule has 0 radical (unpaired) electrons. The quantitative estimate of drug-likeness (QED) is 0.612. The second kappa shape index (κ2) is 11.3. The predicted octanol–water partition coefficient (Wildman–Crippen LogP) is 1.83. The van der Waals surface area contributed by atoms with Crippen molar-refractivity contribution in [1.82, 2.24) is 10.2 Å². The summed E-state index contributed by atoms with van der Waals surface area (Å²) in [5.74, 6) is 0.0905. The number of likely N-dealkylation sites (N-methyl/N-ethyl adjacent to an activating group) is 1. The summed E-state index contributed by atoms with van der Waals surface area (Å²) < 4.78 is 0. The van der Waals surface area contributed by atoms with Crippen molar-refractivity contribution in [2.75, 3.05) is 33.3 Å². The molecule has 4 nitrogen and oxygen atoms in total. The Hall–Kier alpha value is -1.39. The third-order valence-electron chi connectivity index (χ3n) is 3.42. The van der Waals surface area contributed by atoms with Gasteiger partial charge in [0, 0.05) is 13.2 Å². The normalized spacial score (nSPS) is 10.8. The van der Waals surface area contributed by atoms with Crippen molar-refractivity contribution in [2.24, 2.45) is 0 Å². The highest BCUT2D eigenvalue weighted by Crippen LogP contribution is 2.01. The molecule has 0 bridgehead atoms. The number of nitrogens with one attached hydrogen (secondary N) is 1. The minimum atomic E-state index is 0.0905. The topological polar surface area (TPSA) is 52.6 Å². The van der Waals surface area contributed by atoms with E-state index in [-0.39, 0.29) is 12.5 Å². The number of aliphatic hydroxyl groups is 1. The summed E-state index contributed by atoms with van der Waals surface area (Å²) in [6.07, 6.45) is 4.85. The number of aliphatic hydroxyl groups excluding tert-OH is 1. The lowest BCUT2D eigenvalue weighted by atomic mass is 10.1. The Morgan fingerprint density at radius 1 is 1.14 bits per heavy atom. The Labute approximate surface area is 128 Å². The molecule has 2 N–H and O–H groups in total. The van der Waals surface area contributed by atoms with Crippen LogP contribution in [0.25, 0.3) is 0 Å². The van der Waals surface area contributed by atoms with Crippen molar-refractivity contribution in [1.29, 1.82) is 0 Å². The molecule has 0 aromatic heterocycles. The SMILES string of the molecule is CN(CCCCCO)CC(=O)NCCCc1ccccc1. The average Bonchev–Trinajstić information content (AvgIpc) is 2.49. The van der Waals surface area contributed by atoms with Crippen LogP contribution in [0.15, 0.2) is 30.3 Å². The number of hydrogen-bond donors (Lipinski definition) is 2. The number of unbranched alkanes of at least 4 members (excludes halogenated alkanes) is 2. The summed E-state index contributed by atoms with van der Waals surface area (Å²) in [5.41, 5.74) is 1.31. The van der Waals surface area contributed by atoms with Gasteiger partial charge >= 0.3 is 0 Å². The molecule has 1 amide bonds. The average molecular weight is 292 g/mol. The second-order valence-electron chi connectivity index (χ2n) is 5.46. The Balaban J connectivity index is 2.02. The lowest BCUT2D eigenvalue weighted by molar-refractivity contribution is -0.121. The first-order chi connectivity index (χ1) is 10.2. The smallest absolute Gasteiger partial charge is 0.234 e. The minimum Gasteiger partial charge on any atom is -0.396 e. The maximum Gasteiger partial charge on any atom is 0.234 e. The number of amides is 1. The van der Waals surface area contributed by atoms with Crippen molar-refractivity contribution >= 4 is 5.91 Å². The molecular weight excluding hydrogens is 264 g/mol. The summed E-state index contributed by atoms with van der Waals surface area (Å²) in [4.78, 5) is 13.8. The van der Waals surface area contributed by atoms with Gasteiger partial charge in [0.15, 0.2) is 0 Å². The van der Waals surface area contributed by atoms with E-state index in [0.29, 0.717) is 6.54 Å². The lowest BCUT2D eigenvalue weighted by Gasteiger charge is -2.16. The highest BCUT2D eigenvalue weighted by Gasteiger charge is 2.05. The molecule has 0 saturated carbocycles. The van der Waals surface area contributed by atoms with Gasteiger partial charge in [-0.2, -0.15) is 0 Å². The molecule has 0 aliphatic heterocycles. The molecule has 1 aromatic carbocycles. The number of benzene rings is 1. The number of hydrogen-bond acceptors (Lipinski definition) is 3. The third kappa shape index (κ3) is 9.21. The molecule has 0 spiro atoms. The Bertz CT molecular complexity index is 382. The summed E-state index contributed by atoms with van der Waals surface area (Å²) in [6, 6.07) is 10.3. The molecule has 0 atom stereocenters. The van der Waals surface area contributed by atoms with E-state index in [1.54, 1.807) is 0 Å². The van der Waals surface area contributed by atoms with Gasteiger partial charge in [0.1, 0.15) is 0 Å². The van der Waals surface area contributed by atoms with Gasteiger partial charge in [-0.25, -0.2) is 0 Å². The first-order valence-corrected chi connectivity index (χ1v) is 7.82. The van der Waals surface area contributed by atoms with Gasteiger partial charge in [-0.3, -0.25) is 9.69 Å². The van der Waals surface area contributed by atoms with Gasteiger partial charge < -0.3 is 10.4 Å². The van der Waals surface area contributed by atoms with E-state index in [2.05, 4.69) is 17.4 Å². The first-order valence-electron chi connectivity index (χ1n) is 7.82. The van der Waals surface area contributed by atoms with E-state index in [9.17, 15) is 4.79 Å². The zero-order chi connectivity index (χ0) is 15.3. The van der Waals surface area contributed by atoms with Crippen LogP contribution >= 0.6 is 0 Å². The monoisotopic (exact) mass is 292 g/mol. The van der Waals surface area contributed by atoms with Crippen molar-refractivity contribution in [3.8, 4) is 0 Å². The first kappa shape index (κ1) is 17.7. The van der Waals surface area contributed by atoms with E-state index in [4.69, 9.17) is 5.11 Å². The Kier molecular flexibility index (Phi) is 9.49. The summed E-state index contributed by atoms with van der Waals surface area (Å²) in [6.45, 7) is 2.33. The summed E-state index contributed by atoms with van der Waals surface area (Å²) >= 11 is 0. The molecule has 0 fully saturated rings. The van der Waals surface area contributed by atoms with Gasteiger partial charge in [0.25, 0.3) is 0 Å². The van der Waals surface area contributed by atoms with Crippen LogP contribution in [0.1, 0.15) is 31.2 Å². The number of nitrogens with zero attached hydrogens (tertiary/aromatic N) is 1. The molecule has 0 aliphatic rings. The molecule has 0 heterocycles. The number of aryl methyl sites for hydroxylation is 1. The Morgan fingerprint density at radius 2 is 1.90 bits per heavy atom. The van der Waals surface area contributed by atoms with Crippen molar-refractivity contribution < 1.29 is 9.90 Å². The lowest BCUT2D eigenvalue weighted by Crippen LogP contribution is -2.36. The van der Waals surface area contributed by atoms with Crippen molar-refractivity contribution in [3.05, 3.63) is 35.9 Å². The van der Waals surface area contributed by atoms with Crippen LogP contribution in [-0.2, 0) is 11.2 Å². The second-order valence-corrected chi connectivity index (χ2v) is 5.46. The van der Waals surface area contributed by atoms with Gasteiger partial charge in [-0.1, -0.05) is 30.3 Å². The maximum absolute atomic E-state index is 11.8. The number of carbonyl (C=O) groups is 1. The van der Waals surface area contributed by atoms with Gasteiger partial charge in [0.2, 0.25) is 5.91 Å². The van der Waals surface area contributed by atoms with Crippen molar-refractivity contribution in [3.63, 3.8) is 0 Å². The fraction of sp³-hybridized carbons (Fsp3) is 0.588. The van der Waals surface area contributed by atoms with E-state index < -0.39 is 0 Å². The minimum absolute atomic E-state index is 0.0905. The zero-order valence-corrected chi connectivity index (χ0v) is 13.1. The molecule has 21 heavy (non-hydrogen) atoms. The van der Waals surface area contributed by atoms with Crippen LogP contribution in [0.3, 0.4) is 0 Å². The number of carbonyl (C=O) groups excluding carboxylic acids is 1. The van der Waals surface area contributed by atoms with E-state index in [1.807, 2.05) is 30.1 Å². The highest BCUT2D eigenvalue weighted by molar-refractivity contribution is 5.77. The molecule has 118 valence electrons. The molecule has 0 saturated heterocycles. The molecule has 0 unspecified atom stereocenters. The van der Waals surface area contributed by atoms with Crippen molar-refractivity contribution in [2.45, 2.75) is 32.1 Å². The zero-order valence-electron chi connectivity index (χ0n) is 13.1. The summed E-state index contributed by atoms with van der Waals surface area (Å²) in [7, 11) is 1.96. The largest absolute Gasteiger partial charge is 0.396 e. The third-order valence-corrected chi connectivity index (χ3v) is 3.42. The van der Waals surface area contributed by atoms with Gasteiger partial charge in [-0.15, -0.1) is 0 Å². The van der Waals surface area contributed by atoms with Crippen LogP contribution in [0, 0.1) is 0 Å². The van der Waals surface area contributed by atoms with Gasteiger partial charge in [-0.05, 0) is 51.3 Å². The standard InChI is InChI=1S/C17H28N2O2/c1-19(13-6-3-7-14-20)15-17(21)18-12-8-11-16-9-4-2-5-10-16/h2,4-5,9-10,20H,3,6-8,11-15H2,1H3,(H,18,21). The van der Waals surface area contributed by atoms with Crippen LogP contribution in [0.2, 0.25) is 0 Å². The fourth-order valence-electron chi connectivity index (χ4n) is 2.22. The van der Waals surface area contributed by atoms with Crippen LogP contribution in [0.5, 0.6) is 0 Å². The van der Waals surface area contributed by atoms with E-state index in [0.717, 1.165) is 45.2 Å². The molecule has 4 heteroatoms. The molecule has 0 aliphatic carbocycles. The predicted molar refractivity (Wildman–Crippen MR) is 86.2 cm³/mol. The molecule has 1 rings (SSSR count). The number of rotatable bonds is 11. The van der Waals surface area contributed by atoms with E-state index >= 15 is 0 Å². The molecule has 1 aromatic rings. The maximum atomic E-state index is 11.8.